The Morgan fingerprint density at radius 3 is 2.00 bits per heavy atom. The minimum Gasteiger partial charge on any atom is -0.379 e. The molecule has 14 nitrogen and oxygen atoms in total. The van der Waals surface area contributed by atoms with E-state index < -0.39 is 12.1 Å². The summed E-state index contributed by atoms with van der Waals surface area (Å²) >= 11 is 0. The van der Waals surface area contributed by atoms with E-state index in [0.29, 0.717) is 38.5 Å². The number of nitrogens with zero attached hydrogens (tertiary/aromatic N) is 2. The van der Waals surface area contributed by atoms with Gasteiger partial charge in [0.1, 0.15) is 17.9 Å². The van der Waals surface area contributed by atoms with E-state index >= 15 is 0 Å². The zero-order chi connectivity index (χ0) is 43.1. The number of imidazole rings is 1. The van der Waals surface area contributed by atoms with E-state index in [9.17, 15) is 24.0 Å². The van der Waals surface area contributed by atoms with Gasteiger partial charge >= 0.3 is 0 Å². The third kappa shape index (κ3) is 12.7. The number of hydrogen-bond donors (Lipinski definition) is 5. The average Bonchev–Trinajstić information content (AvgIpc) is 4.28. The highest BCUT2D eigenvalue weighted by Crippen LogP contribution is 2.30. The molecule has 322 valence electrons. The molecular formula is C48H53N7O7. The molecule has 1 aromatic heterocycles. The van der Waals surface area contributed by atoms with Crippen LogP contribution in [0, 0.1) is 11.8 Å². The topological polar surface area (TPSA) is 184 Å². The maximum Gasteiger partial charge on any atom is 0.249 e. The van der Waals surface area contributed by atoms with Crippen molar-refractivity contribution in [2.75, 3.05) is 51.4 Å². The number of aromatic amines is 1. The number of carbonyl (C=O) groups excluding carboxylic acids is 5. The van der Waals surface area contributed by atoms with Gasteiger partial charge in [0.15, 0.2) is 0 Å². The van der Waals surface area contributed by atoms with Crippen molar-refractivity contribution in [2.24, 2.45) is 11.8 Å². The Balaban J connectivity index is 0.000000887. The minimum absolute atomic E-state index is 0.00361. The number of hydrogen-bond acceptors (Lipinski definition) is 8. The molecule has 5 N–H and O–H groups in total. The molecule has 0 radical (unpaired) electrons. The van der Waals surface area contributed by atoms with Gasteiger partial charge in [0, 0.05) is 37.0 Å². The number of rotatable bonds is 17. The molecule has 5 aromatic rings. The molecule has 1 saturated heterocycles. The summed E-state index contributed by atoms with van der Waals surface area (Å²) in [6.07, 6.45) is 5.79. The van der Waals surface area contributed by atoms with Gasteiger partial charge in [-0.05, 0) is 60.1 Å². The summed E-state index contributed by atoms with van der Waals surface area (Å²) in [6, 6.07) is 35.3. The van der Waals surface area contributed by atoms with Crippen LogP contribution in [0.25, 0.3) is 22.4 Å². The first-order chi connectivity index (χ1) is 30.3. The van der Waals surface area contributed by atoms with Gasteiger partial charge in [0.05, 0.1) is 44.9 Å². The molecule has 4 aromatic carbocycles. The summed E-state index contributed by atoms with van der Waals surface area (Å²) in [7, 11) is 0. The van der Waals surface area contributed by atoms with E-state index in [2.05, 4.69) is 31.2 Å². The Morgan fingerprint density at radius 2 is 1.34 bits per heavy atom. The van der Waals surface area contributed by atoms with Crippen molar-refractivity contribution in [1.82, 2.24) is 30.8 Å². The van der Waals surface area contributed by atoms with E-state index in [1.54, 1.807) is 6.20 Å². The molecule has 2 heterocycles. The molecule has 1 aliphatic heterocycles. The number of nitrogens with one attached hydrogen (secondary N) is 5. The van der Waals surface area contributed by atoms with E-state index in [0.717, 1.165) is 59.5 Å². The molecule has 14 heteroatoms. The molecule has 2 atom stereocenters. The monoisotopic (exact) mass is 839 g/mol. The Bertz CT molecular complexity index is 2220. The third-order valence-corrected chi connectivity index (χ3v) is 10.7. The lowest BCUT2D eigenvalue weighted by molar-refractivity contribution is -0.146. The Labute approximate surface area is 361 Å². The van der Waals surface area contributed by atoms with Crippen molar-refractivity contribution in [1.29, 1.82) is 0 Å². The Hall–Kier alpha value is -6.64. The molecule has 2 unspecified atom stereocenters. The van der Waals surface area contributed by atoms with Crippen LogP contribution in [0.3, 0.4) is 0 Å². The highest BCUT2D eigenvalue weighted by atomic mass is 16.5. The number of amides is 5. The third-order valence-electron chi connectivity index (χ3n) is 10.7. The predicted octanol–water partition coefficient (Wildman–Crippen LogP) is 5.07. The van der Waals surface area contributed by atoms with Crippen molar-refractivity contribution in [3.05, 3.63) is 133 Å². The number of anilines is 1. The minimum atomic E-state index is -0.788. The second-order valence-corrected chi connectivity index (χ2v) is 15.5. The van der Waals surface area contributed by atoms with Crippen molar-refractivity contribution >= 4 is 35.2 Å². The number of carbonyl (C=O) groups is 5. The first kappa shape index (κ1) is 43.4. The fourth-order valence-electron chi connectivity index (χ4n) is 6.88. The lowest BCUT2D eigenvalue weighted by Gasteiger charge is -2.34. The molecule has 2 aliphatic carbocycles. The molecule has 0 spiro atoms. The van der Waals surface area contributed by atoms with Crippen LogP contribution in [-0.2, 0) is 39.9 Å². The molecule has 3 aliphatic rings. The van der Waals surface area contributed by atoms with Gasteiger partial charge in [-0.1, -0.05) is 103 Å². The molecular weight excluding hydrogens is 787 g/mol. The lowest BCUT2D eigenvalue weighted by atomic mass is 10.0. The smallest absolute Gasteiger partial charge is 0.249 e. The summed E-state index contributed by atoms with van der Waals surface area (Å²) in [4.78, 5) is 72.7. The molecule has 5 amide bonds. The SMILES string of the molecule is O=C(NCC(=O)N1CCOCC1C(=O)Nc1ccc(-c2ccc(-c3cnc(CCOCCNC(=O)C(NC(=O)C4CC4)c4ccccc4)[nH]3)cc2)cc1)C1CC1.c1ccccc1. The number of aromatic nitrogens is 2. The van der Waals surface area contributed by atoms with E-state index in [1.807, 2.05) is 115 Å². The van der Waals surface area contributed by atoms with Crippen LogP contribution >= 0.6 is 0 Å². The summed E-state index contributed by atoms with van der Waals surface area (Å²) in [5.74, 6) is -0.320. The summed E-state index contributed by atoms with van der Waals surface area (Å²) in [5, 5.41) is 11.4. The largest absolute Gasteiger partial charge is 0.379 e. The Morgan fingerprint density at radius 1 is 0.726 bits per heavy atom. The molecule has 0 bridgehead atoms. The molecule has 8 rings (SSSR count). The fourth-order valence-corrected chi connectivity index (χ4v) is 6.88. The van der Waals surface area contributed by atoms with Crippen molar-refractivity contribution < 1.29 is 33.4 Å². The number of ether oxygens (including phenoxy) is 2. The van der Waals surface area contributed by atoms with Crippen molar-refractivity contribution in [2.45, 2.75) is 44.2 Å². The quantitative estimate of drug-likeness (QED) is 0.0805. The molecule has 62 heavy (non-hydrogen) atoms. The second-order valence-electron chi connectivity index (χ2n) is 15.5. The summed E-state index contributed by atoms with van der Waals surface area (Å²) < 4.78 is 11.3. The van der Waals surface area contributed by atoms with Crippen LogP contribution in [0.4, 0.5) is 5.69 Å². The highest BCUT2D eigenvalue weighted by Gasteiger charge is 2.35. The van der Waals surface area contributed by atoms with Gasteiger partial charge in [-0.2, -0.15) is 0 Å². The van der Waals surface area contributed by atoms with Gasteiger partial charge in [-0.3, -0.25) is 24.0 Å². The van der Waals surface area contributed by atoms with Crippen LogP contribution in [0.15, 0.2) is 121 Å². The summed E-state index contributed by atoms with van der Waals surface area (Å²) in [6.45, 7) is 1.63. The van der Waals surface area contributed by atoms with Crippen LogP contribution in [-0.4, -0.2) is 96.5 Å². The van der Waals surface area contributed by atoms with E-state index in [4.69, 9.17) is 9.47 Å². The zero-order valence-electron chi connectivity index (χ0n) is 34.6. The van der Waals surface area contributed by atoms with E-state index in [1.165, 1.54) is 4.90 Å². The normalized spacial score (nSPS) is 16.2. The van der Waals surface area contributed by atoms with Gasteiger partial charge in [-0.15, -0.1) is 0 Å². The maximum atomic E-state index is 13.2. The zero-order valence-corrected chi connectivity index (χ0v) is 34.6. The average molecular weight is 840 g/mol. The fraction of sp³-hybridized carbons (Fsp3) is 0.333. The number of morpholine rings is 1. The van der Waals surface area contributed by atoms with Crippen molar-refractivity contribution in [3.8, 4) is 22.4 Å². The van der Waals surface area contributed by atoms with Gasteiger partial charge in [-0.25, -0.2) is 4.98 Å². The Kier molecular flexibility index (Phi) is 15.2. The van der Waals surface area contributed by atoms with Crippen LogP contribution < -0.4 is 21.3 Å². The maximum absolute atomic E-state index is 13.2. The van der Waals surface area contributed by atoms with E-state index in [-0.39, 0.29) is 61.1 Å². The number of benzene rings is 4. The highest BCUT2D eigenvalue weighted by molar-refractivity contribution is 5.98. The van der Waals surface area contributed by atoms with Crippen LogP contribution in [0.5, 0.6) is 0 Å². The van der Waals surface area contributed by atoms with Crippen molar-refractivity contribution in [3.63, 3.8) is 0 Å². The second kappa shape index (κ2) is 21.7. The van der Waals surface area contributed by atoms with Crippen LogP contribution in [0.2, 0.25) is 0 Å². The number of H-pyrrole nitrogens is 1. The first-order valence-corrected chi connectivity index (χ1v) is 21.2. The predicted molar refractivity (Wildman–Crippen MR) is 234 cm³/mol. The standard InChI is InChI=1S/C42H47N7O7.C6H6/c50-37(25-45-39(51)31-10-11-31)49-20-23-56-26-35(49)41(53)46-33-16-14-28(15-17-33)27-6-8-29(9-7-27)34-24-44-36(47-34)18-21-55-22-19-43-42(54)38(30-4-2-1-3-5-30)48-40(52)32-12-13-32;1-2-4-6-5-3-1/h1-9,14-17,24,31-32,35,38H,10-13,18-23,25-26H2,(H,43,54)(H,44,47)(H,45,51)(H,46,53)(H,48,52);1-6H. The lowest BCUT2D eigenvalue weighted by Crippen LogP contribution is -2.56. The molecule has 2 saturated carbocycles. The van der Waals surface area contributed by atoms with Gasteiger partial charge in [0.25, 0.3) is 0 Å². The molecule has 3 fully saturated rings. The van der Waals surface area contributed by atoms with Crippen LogP contribution in [0.1, 0.15) is 43.1 Å². The van der Waals surface area contributed by atoms with Gasteiger partial charge < -0.3 is 40.6 Å². The van der Waals surface area contributed by atoms with Gasteiger partial charge in [0.2, 0.25) is 29.5 Å². The summed E-state index contributed by atoms with van der Waals surface area (Å²) in [5.41, 5.74) is 5.15. The first-order valence-electron chi connectivity index (χ1n) is 21.2.